The van der Waals surface area contributed by atoms with E-state index in [1.54, 1.807) is 7.11 Å². The summed E-state index contributed by atoms with van der Waals surface area (Å²) >= 11 is 0. The van der Waals surface area contributed by atoms with Crippen LogP contribution in [0.1, 0.15) is 20.8 Å². The van der Waals surface area contributed by atoms with Crippen LogP contribution in [0, 0.1) is 0 Å². The fraction of sp³-hybridized carbons (Fsp3) is 1.00. The third kappa shape index (κ3) is 7.78. The summed E-state index contributed by atoms with van der Waals surface area (Å²) in [5, 5.41) is 3.30. The van der Waals surface area contributed by atoms with Gasteiger partial charge in [0.15, 0.2) is 0 Å². The maximum absolute atomic E-state index is 5.70. The first-order valence-corrected chi connectivity index (χ1v) is 3.95. The highest BCUT2D eigenvalue weighted by Gasteiger charge is 2.10. The summed E-state index contributed by atoms with van der Waals surface area (Å²) in [5.41, 5.74) is 5.85. The molecule has 0 aliphatic carbocycles. The fourth-order valence-corrected chi connectivity index (χ4v) is 0.710. The van der Waals surface area contributed by atoms with Crippen LogP contribution >= 0.6 is 0 Å². The van der Waals surface area contributed by atoms with E-state index in [0.29, 0.717) is 6.61 Å². The summed E-state index contributed by atoms with van der Waals surface area (Å²) < 4.78 is 4.90. The minimum absolute atomic E-state index is 0.0965. The molecule has 3 heteroatoms. The fourth-order valence-electron chi connectivity index (χ4n) is 0.710. The Balaban J connectivity index is 3.38. The molecule has 0 aromatic rings. The number of nitrogens with two attached hydrogens (primary N) is 1. The molecular formula is C8H20N2O. The first-order valence-electron chi connectivity index (χ1n) is 3.95. The van der Waals surface area contributed by atoms with Gasteiger partial charge in [-0.1, -0.05) is 0 Å². The van der Waals surface area contributed by atoms with Gasteiger partial charge in [0.2, 0.25) is 0 Å². The van der Waals surface area contributed by atoms with Crippen molar-refractivity contribution in [1.29, 1.82) is 0 Å². The molecule has 0 aliphatic heterocycles. The lowest BCUT2D eigenvalue weighted by Crippen LogP contribution is -2.45. The Morgan fingerprint density at radius 2 is 2.00 bits per heavy atom. The van der Waals surface area contributed by atoms with Gasteiger partial charge in [-0.05, 0) is 20.8 Å². The van der Waals surface area contributed by atoms with Gasteiger partial charge in [-0.3, -0.25) is 0 Å². The topological polar surface area (TPSA) is 47.3 Å². The van der Waals surface area contributed by atoms with Crippen LogP contribution in [0.5, 0.6) is 0 Å². The van der Waals surface area contributed by atoms with E-state index in [9.17, 15) is 0 Å². The lowest BCUT2D eigenvalue weighted by Gasteiger charge is -2.22. The molecule has 0 spiro atoms. The highest BCUT2D eigenvalue weighted by atomic mass is 16.5. The molecule has 0 aromatic heterocycles. The van der Waals surface area contributed by atoms with E-state index in [1.165, 1.54) is 0 Å². The van der Waals surface area contributed by atoms with Crippen molar-refractivity contribution in [3.05, 3.63) is 0 Å². The Labute approximate surface area is 69.3 Å². The summed E-state index contributed by atoms with van der Waals surface area (Å²) in [6.07, 6.45) is 0. The second-order valence-electron chi connectivity index (χ2n) is 3.85. The van der Waals surface area contributed by atoms with Crippen molar-refractivity contribution < 1.29 is 4.74 Å². The summed E-state index contributed by atoms with van der Waals surface area (Å²) in [5.74, 6) is 0. The van der Waals surface area contributed by atoms with Gasteiger partial charge >= 0.3 is 0 Å². The van der Waals surface area contributed by atoms with Gasteiger partial charge in [0.05, 0.1) is 6.61 Å². The Morgan fingerprint density at radius 1 is 1.45 bits per heavy atom. The van der Waals surface area contributed by atoms with Gasteiger partial charge in [0, 0.05) is 25.2 Å². The highest BCUT2D eigenvalue weighted by Crippen LogP contribution is 1.97. The first-order chi connectivity index (χ1) is 4.95. The van der Waals surface area contributed by atoms with Gasteiger partial charge < -0.3 is 15.8 Å². The van der Waals surface area contributed by atoms with Gasteiger partial charge in [0.25, 0.3) is 0 Å². The zero-order valence-electron chi connectivity index (χ0n) is 7.98. The van der Waals surface area contributed by atoms with Crippen LogP contribution in [0.25, 0.3) is 0 Å². The number of nitrogens with one attached hydrogen (secondary N) is 1. The molecule has 0 saturated heterocycles. The average Bonchev–Trinajstić information content (AvgIpc) is 1.83. The van der Waals surface area contributed by atoms with E-state index in [0.717, 1.165) is 6.54 Å². The van der Waals surface area contributed by atoms with Crippen molar-refractivity contribution in [2.24, 2.45) is 5.73 Å². The van der Waals surface area contributed by atoms with Crippen molar-refractivity contribution in [3.63, 3.8) is 0 Å². The van der Waals surface area contributed by atoms with E-state index in [1.807, 2.05) is 0 Å². The minimum atomic E-state index is 0.0965. The highest BCUT2D eigenvalue weighted by molar-refractivity contribution is 4.74. The molecule has 0 amide bonds. The van der Waals surface area contributed by atoms with Gasteiger partial charge in [0.1, 0.15) is 0 Å². The average molecular weight is 160 g/mol. The number of ether oxygens (including phenoxy) is 1. The number of rotatable bonds is 4. The normalized spacial score (nSPS) is 15.0. The van der Waals surface area contributed by atoms with Crippen molar-refractivity contribution >= 4 is 0 Å². The maximum atomic E-state index is 5.70. The monoisotopic (exact) mass is 160 g/mol. The van der Waals surface area contributed by atoms with E-state index >= 15 is 0 Å². The van der Waals surface area contributed by atoms with Crippen molar-refractivity contribution in [3.8, 4) is 0 Å². The third-order valence-corrected chi connectivity index (χ3v) is 1.28. The molecule has 0 fully saturated rings. The molecule has 1 atom stereocenters. The summed E-state index contributed by atoms with van der Waals surface area (Å²) in [6, 6.07) is 0.0965. The van der Waals surface area contributed by atoms with E-state index in [-0.39, 0.29) is 11.6 Å². The molecule has 68 valence electrons. The molecule has 0 heterocycles. The summed E-state index contributed by atoms with van der Waals surface area (Å²) in [7, 11) is 1.66. The predicted octanol–water partition coefficient (Wildman–Crippen LogP) is 0.348. The maximum Gasteiger partial charge on any atom is 0.0626 e. The molecule has 3 N–H and O–H groups in total. The minimum Gasteiger partial charge on any atom is -0.383 e. The van der Waals surface area contributed by atoms with E-state index in [2.05, 4.69) is 26.1 Å². The number of methoxy groups -OCH3 is 1. The largest absolute Gasteiger partial charge is 0.383 e. The standard InChI is InChI=1S/C8H20N2O/c1-8(2,3)10-5-7(9)6-11-4/h7,10H,5-6,9H2,1-4H3. The van der Waals surface area contributed by atoms with Crippen LogP contribution < -0.4 is 11.1 Å². The lowest BCUT2D eigenvalue weighted by atomic mass is 10.1. The van der Waals surface area contributed by atoms with Crippen LogP contribution in [0.4, 0.5) is 0 Å². The molecule has 0 rings (SSSR count). The second kappa shape index (κ2) is 4.70. The Hall–Kier alpha value is -0.120. The zero-order valence-corrected chi connectivity index (χ0v) is 7.98. The van der Waals surface area contributed by atoms with Gasteiger partial charge in [-0.25, -0.2) is 0 Å². The first kappa shape index (κ1) is 10.9. The lowest BCUT2D eigenvalue weighted by molar-refractivity contribution is 0.175. The third-order valence-electron chi connectivity index (χ3n) is 1.28. The summed E-state index contributed by atoms with van der Waals surface area (Å²) in [6.45, 7) is 7.77. The van der Waals surface area contributed by atoms with Gasteiger partial charge in [-0.15, -0.1) is 0 Å². The molecule has 1 unspecified atom stereocenters. The van der Waals surface area contributed by atoms with Crippen LogP contribution in [0.3, 0.4) is 0 Å². The number of hydrogen-bond acceptors (Lipinski definition) is 3. The summed E-state index contributed by atoms with van der Waals surface area (Å²) in [4.78, 5) is 0. The number of hydrogen-bond donors (Lipinski definition) is 2. The molecule has 3 nitrogen and oxygen atoms in total. The Bertz CT molecular complexity index is 98.8. The molecule has 0 aliphatic rings. The molecule has 0 saturated carbocycles. The van der Waals surface area contributed by atoms with Crippen LogP contribution in [-0.2, 0) is 4.74 Å². The Kier molecular flexibility index (Phi) is 4.65. The van der Waals surface area contributed by atoms with Gasteiger partial charge in [-0.2, -0.15) is 0 Å². The molecular weight excluding hydrogens is 140 g/mol. The molecule has 11 heavy (non-hydrogen) atoms. The van der Waals surface area contributed by atoms with E-state index < -0.39 is 0 Å². The van der Waals surface area contributed by atoms with Crippen LogP contribution in [0.15, 0.2) is 0 Å². The van der Waals surface area contributed by atoms with Crippen molar-refractivity contribution in [2.75, 3.05) is 20.3 Å². The van der Waals surface area contributed by atoms with Crippen LogP contribution in [0.2, 0.25) is 0 Å². The quantitative estimate of drug-likeness (QED) is 0.624. The zero-order chi connectivity index (χ0) is 8.91. The smallest absolute Gasteiger partial charge is 0.0626 e. The molecule has 0 bridgehead atoms. The molecule has 0 aromatic carbocycles. The second-order valence-corrected chi connectivity index (χ2v) is 3.85. The van der Waals surface area contributed by atoms with Crippen molar-refractivity contribution in [2.45, 2.75) is 32.4 Å². The Morgan fingerprint density at radius 3 is 2.36 bits per heavy atom. The van der Waals surface area contributed by atoms with Crippen LogP contribution in [-0.4, -0.2) is 31.8 Å². The SMILES string of the molecule is COCC(N)CNC(C)(C)C. The predicted molar refractivity (Wildman–Crippen MR) is 47.6 cm³/mol. The van der Waals surface area contributed by atoms with E-state index in [4.69, 9.17) is 10.5 Å². The molecule has 0 radical (unpaired) electrons. The van der Waals surface area contributed by atoms with Crippen molar-refractivity contribution in [1.82, 2.24) is 5.32 Å².